The number of nitrogens with one attached hydrogen (secondary N) is 1. The Morgan fingerprint density at radius 2 is 2.41 bits per heavy atom. The molecule has 4 nitrogen and oxygen atoms in total. The third-order valence-corrected chi connectivity index (χ3v) is 3.05. The van der Waals surface area contributed by atoms with Crippen LogP contribution in [0.15, 0.2) is 18.2 Å². The van der Waals surface area contributed by atoms with E-state index in [0.29, 0.717) is 13.2 Å². The summed E-state index contributed by atoms with van der Waals surface area (Å²) < 4.78 is 10.5. The Hall–Kier alpha value is -1.10. The molecule has 0 aliphatic carbocycles. The van der Waals surface area contributed by atoms with Gasteiger partial charge in [0.05, 0.1) is 13.2 Å². The maximum absolute atomic E-state index is 5.80. The molecule has 1 heterocycles. The van der Waals surface area contributed by atoms with Crippen molar-refractivity contribution in [2.24, 2.45) is 5.73 Å². The van der Waals surface area contributed by atoms with Gasteiger partial charge in [-0.3, -0.25) is 0 Å². The second-order valence-corrected chi connectivity index (χ2v) is 4.20. The first-order chi connectivity index (χ1) is 8.35. The van der Waals surface area contributed by atoms with Gasteiger partial charge in [-0.2, -0.15) is 0 Å². The van der Waals surface area contributed by atoms with E-state index in [9.17, 15) is 0 Å². The van der Waals surface area contributed by atoms with Gasteiger partial charge in [-0.15, -0.1) is 0 Å². The number of rotatable bonds is 6. The number of ether oxygens (including phenoxy) is 2. The molecular weight excluding hydrogens is 216 g/mol. The van der Waals surface area contributed by atoms with Gasteiger partial charge in [-0.1, -0.05) is 12.1 Å². The van der Waals surface area contributed by atoms with Crippen molar-refractivity contribution in [1.29, 1.82) is 0 Å². The summed E-state index contributed by atoms with van der Waals surface area (Å²) in [5.74, 6) is 1.02. The van der Waals surface area contributed by atoms with E-state index in [-0.39, 0.29) is 6.04 Å². The first-order valence-corrected chi connectivity index (χ1v) is 6.03. The summed E-state index contributed by atoms with van der Waals surface area (Å²) in [6.45, 7) is 2.89. The lowest BCUT2D eigenvalue weighted by atomic mass is 10.0. The molecule has 1 unspecified atom stereocenters. The van der Waals surface area contributed by atoms with Crippen LogP contribution in [0.3, 0.4) is 0 Å². The molecule has 0 aromatic heterocycles. The molecular formula is C13H20N2O2. The second-order valence-electron chi connectivity index (χ2n) is 4.20. The van der Waals surface area contributed by atoms with E-state index < -0.39 is 0 Å². The van der Waals surface area contributed by atoms with Crippen LogP contribution in [0.2, 0.25) is 0 Å². The number of hydrogen-bond donors (Lipinski definition) is 2. The third-order valence-electron chi connectivity index (χ3n) is 3.05. The van der Waals surface area contributed by atoms with E-state index in [4.69, 9.17) is 15.2 Å². The normalized spacial score (nSPS) is 15.4. The SMILES string of the molecule is COCCNC(CN)c1ccc2c(c1)CCO2. The molecule has 0 amide bonds. The highest BCUT2D eigenvalue weighted by Crippen LogP contribution is 2.27. The average molecular weight is 236 g/mol. The molecule has 0 fully saturated rings. The standard InChI is InChI=1S/C13H20N2O2/c1-16-7-5-15-12(9-14)10-2-3-13-11(8-10)4-6-17-13/h2-3,8,12,15H,4-7,9,14H2,1H3. The van der Waals surface area contributed by atoms with Gasteiger partial charge >= 0.3 is 0 Å². The van der Waals surface area contributed by atoms with E-state index >= 15 is 0 Å². The fraction of sp³-hybridized carbons (Fsp3) is 0.538. The van der Waals surface area contributed by atoms with Gasteiger partial charge in [-0.25, -0.2) is 0 Å². The van der Waals surface area contributed by atoms with Crippen LogP contribution in [0, 0.1) is 0 Å². The van der Waals surface area contributed by atoms with Crippen molar-refractivity contribution < 1.29 is 9.47 Å². The van der Waals surface area contributed by atoms with Crippen molar-refractivity contribution in [3.8, 4) is 5.75 Å². The monoisotopic (exact) mass is 236 g/mol. The van der Waals surface area contributed by atoms with Gasteiger partial charge < -0.3 is 20.5 Å². The largest absolute Gasteiger partial charge is 0.493 e. The molecule has 0 spiro atoms. The average Bonchev–Trinajstić information content (AvgIpc) is 2.82. The Balaban J connectivity index is 2.03. The molecule has 0 saturated carbocycles. The van der Waals surface area contributed by atoms with Crippen LogP contribution < -0.4 is 15.8 Å². The van der Waals surface area contributed by atoms with Crippen LogP contribution in [0.4, 0.5) is 0 Å². The Morgan fingerprint density at radius 1 is 1.53 bits per heavy atom. The zero-order chi connectivity index (χ0) is 12.1. The fourth-order valence-corrected chi connectivity index (χ4v) is 2.10. The lowest BCUT2D eigenvalue weighted by Gasteiger charge is -2.17. The summed E-state index contributed by atoms with van der Waals surface area (Å²) in [6, 6.07) is 6.51. The van der Waals surface area contributed by atoms with Crippen molar-refractivity contribution in [3.05, 3.63) is 29.3 Å². The molecule has 0 bridgehead atoms. The molecule has 17 heavy (non-hydrogen) atoms. The van der Waals surface area contributed by atoms with Gasteiger partial charge in [0.25, 0.3) is 0 Å². The van der Waals surface area contributed by atoms with Crippen molar-refractivity contribution in [1.82, 2.24) is 5.32 Å². The van der Waals surface area contributed by atoms with Crippen molar-refractivity contribution in [2.45, 2.75) is 12.5 Å². The maximum atomic E-state index is 5.80. The van der Waals surface area contributed by atoms with Gasteiger partial charge in [0, 0.05) is 32.7 Å². The first-order valence-electron chi connectivity index (χ1n) is 6.03. The Labute approximate surface area is 102 Å². The highest BCUT2D eigenvalue weighted by Gasteiger charge is 2.15. The molecule has 0 saturated heterocycles. The second kappa shape index (κ2) is 6.00. The number of fused-ring (bicyclic) bond motifs is 1. The van der Waals surface area contributed by atoms with E-state index in [2.05, 4.69) is 17.4 Å². The van der Waals surface area contributed by atoms with E-state index in [1.807, 2.05) is 6.07 Å². The summed E-state index contributed by atoms with van der Waals surface area (Å²) >= 11 is 0. The highest BCUT2D eigenvalue weighted by molar-refractivity contribution is 5.40. The topological polar surface area (TPSA) is 56.5 Å². The first kappa shape index (κ1) is 12.4. The number of hydrogen-bond acceptors (Lipinski definition) is 4. The maximum Gasteiger partial charge on any atom is 0.122 e. The van der Waals surface area contributed by atoms with Crippen LogP contribution in [0.25, 0.3) is 0 Å². The van der Waals surface area contributed by atoms with Gasteiger partial charge in [0.1, 0.15) is 5.75 Å². The molecule has 1 aliphatic rings. The lowest BCUT2D eigenvalue weighted by Crippen LogP contribution is -2.30. The van der Waals surface area contributed by atoms with E-state index in [1.54, 1.807) is 7.11 Å². The zero-order valence-electron chi connectivity index (χ0n) is 10.2. The van der Waals surface area contributed by atoms with Gasteiger partial charge in [-0.05, 0) is 17.2 Å². The molecule has 1 aromatic rings. The Bertz CT molecular complexity index is 368. The van der Waals surface area contributed by atoms with Crippen LogP contribution in [0.1, 0.15) is 17.2 Å². The molecule has 0 radical (unpaired) electrons. The summed E-state index contributed by atoms with van der Waals surface area (Å²) in [4.78, 5) is 0. The van der Waals surface area contributed by atoms with Crippen LogP contribution in [-0.4, -0.2) is 33.4 Å². The summed E-state index contributed by atoms with van der Waals surface area (Å²) in [7, 11) is 1.70. The zero-order valence-corrected chi connectivity index (χ0v) is 10.2. The minimum Gasteiger partial charge on any atom is -0.493 e. The Morgan fingerprint density at radius 3 is 3.18 bits per heavy atom. The molecule has 1 atom stereocenters. The predicted octanol–water partition coefficient (Wildman–Crippen LogP) is 0.857. The molecule has 2 rings (SSSR count). The molecule has 3 N–H and O–H groups in total. The van der Waals surface area contributed by atoms with Crippen LogP contribution >= 0.6 is 0 Å². The summed E-state index contributed by atoms with van der Waals surface area (Å²) in [6.07, 6.45) is 0.999. The summed E-state index contributed by atoms with van der Waals surface area (Å²) in [5, 5.41) is 3.39. The van der Waals surface area contributed by atoms with Gasteiger partial charge in [0.2, 0.25) is 0 Å². The summed E-state index contributed by atoms with van der Waals surface area (Å²) in [5.41, 5.74) is 8.31. The Kier molecular flexibility index (Phi) is 4.36. The molecule has 1 aliphatic heterocycles. The predicted molar refractivity (Wildman–Crippen MR) is 67.3 cm³/mol. The molecule has 94 valence electrons. The van der Waals surface area contributed by atoms with Crippen LogP contribution in [-0.2, 0) is 11.2 Å². The van der Waals surface area contributed by atoms with Crippen molar-refractivity contribution in [2.75, 3.05) is 33.4 Å². The highest BCUT2D eigenvalue weighted by atomic mass is 16.5. The molecule has 1 aromatic carbocycles. The third kappa shape index (κ3) is 2.97. The fourth-order valence-electron chi connectivity index (χ4n) is 2.10. The quantitative estimate of drug-likeness (QED) is 0.719. The minimum absolute atomic E-state index is 0.191. The smallest absolute Gasteiger partial charge is 0.122 e. The van der Waals surface area contributed by atoms with Crippen molar-refractivity contribution in [3.63, 3.8) is 0 Å². The number of benzene rings is 1. The lowest BCUT2D eigenvalue weighted by molar-refractivity contribution is 0.196. The van der Waals surface area contributed by atoms with E-state index in [0.717, 1.165) is 25.3 Å². The van der Waals surface area contributed by atoms with E-state index in [1.165, 1.54) is 11.1 Å². The van der Waals surface area contributed by atoms with Crippen LogP contribution in [0.5, 0.6) is 5.75 Å². The number of methoxy groups -OCH3 is 1. The number of nitrogens with two attached hydrogens (primary N) is 1. The van der Waals surface area contributed by atoms with Gasteiger partial charge in [0.15, 0.2) is 0 Å². The van der Waals surface area contributed by atoms with Crippen molar-refractivity contribution >= 4 is 0 Å². The minimum atomic E-state index is 0.191. The molecule has 4 heteroatoms.